The lowest BCUT2D eigenvalue weighted by Crippen LogP contribution is -2.44. The molecule has 6 rings (SSSR count). The lowest BCUT2D eigenvalue weighted by atomic mass is 10.1. The van der Waals surface area contributed by atoms with Crippen LogP contribution in [-0.4, -0.2) is 18.1 Å². The number of carbonyl (C=O) groups is 2. The molecule has 0 aliphatic rings. The minimum Gasteiger partial charge on any atom is -0.456 e. The normalized spacial score (nSPS) is 12.2. The molecule has 1 N–H and O–H groups in total. The van der Waals surface area contributed by atoms with Gasteiger partial charge in [0, 0.05) is 17.9 Å². The molecule has 0 bridgehead atoms. The number of furan rings is 1. The van der Waals surface area contributed by atoms with Gasteiger partial charge >= 0.3 is 18.2 Å². The number of hydrogen-bond acceptors (Lipinski definition) is 7. The van der Waals surface area contributed by atoms with E-state index in [1.165, 1.54) is 18.2 Å². The SMILES string of the molecule is O=C(N[C@@H](Cc1ccccc1)C(=O)Oc1ccc2c(=O)c(-c3cc4ccccc4o3)c(C(F)(F)F)oc2c1)OCc1ccccc1. The molecule has 8 nitrogen and oxygen atoms in total. The van der Waals surface area contributed by atoms with Gasteiger partial charge < -0.3 is 23.6 Å². The van der Waals surface area contributed by atoms with E-state index in [2.05, 4.69) is 5.32 Å². The number of alkyl halides is 3. The van der Waals surface area contributed by atoms with Crippen molar-refractivity contribution in [1.29, 1.82) is 0 Å². The number of carbonyl (C=O) groups excluding carboxylic acids is 2. The van der Waals surface area contributed by atoms with Crippen molar-refractivity contribution in [3.63, 3.8) is 0 Å². The molecule has 0 aliphatic carbocycles. The summed E-state index contributed by atoms with van der Waals surface area (Å²) in [6.07, 6.45) is -5.90. The monoisotopic (exact) mass is 627 g/mol. The van der Waals surface area contributed by atoms with Gasteiger partial charge in [-0.25, -0.2) is 9.59 Å². The van der Waals surface area contributed by atoms with Gasteiger partial charge in [-0.2, -0.15) is 13.2 Å². The maximum atomic E-state index is 14.2. The minimum atomic E-state index is -5.06. The zero-order valence-electron chi connectivity index (χ0n) is 23.9. The molecule has 0 saturated carbocycles. The molecule has 1 amide bonds. The molecule has 0 spiro atoms. The van der Waals surface area contributed by atoms with Crippen molar-refractivity contribution in [1.82, 2.24) is 5.32 Å². The highest BCUT2D eigenvalue weighted by molar-refractivity contribution is 5.88. The van der Waals surface area contributed by atoms with Crippen molar-refractivity contribution in [2.75, 3.05) is 0 Å². The molecule has 0 fully saturated rings. The van der Waals surface area contributed by atoms with Gasteiger partial charge in [0.2, 0.25) is 11.2 Å². The van der Waals surface area contributed by atoms with Crippen molar-refractivity contribution in [3.05, 3.63) is 136 Å². The quantitative estimate of drug-likeness (QED) is 0.136. The van der Waals surface area contributed by atoms with Crippen molar-refractivity contribution < 1.29 is 41.1 Å². The smallest absolute Gasteiger partial charge is 0.450 e. The number of nitrogens with one attached hydrogen (secondary N) is 1. The molecule has 2 aromatic heterocycles. The molecule has 0 aliphatic heterocycles. The second-order valence-electron chi connectivity index (χ2n) is 10.3. The van der Waals surface area contributed by atoms with Crippen molar-refractivity contribution in [2.24, 2.45) is 0 Å². The van der Waals surface area contributed by atoms with Gasteiger partial charge in [-0.15, -0.1) is 0 Å². The van der Waals surface area contributed by atoms with Crippen LogP contribution in [0.1, 0.15) is 16.9 Å². The topological polar surface area (TPSA) is 108 Å². The van der Waals surface area contributed by atoms with Crippen molar-refractivity contribution >= 4 is 34.0 Å². The largest absolute Gasteiger partial charge is 0.456 e. The second-order valence-corrected chi connectivity index (χ2v) is 10.3. The minimum absolute atomic E-state index is 0.0296. The fraction of sp³-hybridized carbons (Fsp3) is 0.114. The number of ether oxygens (including phenoxy) is 2. The lowest BCUT2D eigenvalue weighted by Gasteiger charge is -2.18. The molecular weight excluding hydrogens is 603 g/mol. The molecule has 46 heavy (non-hydrogen) atoms. The average Bonchev–Trinajstić information content (AvgIpc) is 3.48. The maximum absolute atomic E-state index is 14.2. The fourth-order valence-corrected chi connectivity index (χ4v) is 4.90. The van der Waals surface area contributed by atoms with Gasteiger partial charge in [0.25, 0.3) is 0 Å². The summed E-state index contributed by atoms with van der Waals surface area (Å²) in [7, 11) is 0. The lowest BCUT2D eigenvalue weighted by molar-refractivity contribution is -0.152. The van der Waals surface area contributed by atoms with Crippen LogP contribution in [0.4, 0.5) is 18.0 Å². The highest BCUT2D eigenvalue weighted by Crippen LogP contribution is 2.39. The number of fused-ring (bicyclic) bond motifs is 2. The van der Waals surface area contributed by atoms with Gasteiger partial charge in [0.05, 0.1) is 5.39 Å². The van der Waals surface area contributed by atoms with Crippen LogP contribution >= 0.6 is 0 Å². The first-order chi connectivity index (χ1) is 22.2. The van der Waals surface area contributed by atoms with Crippen molar-refractivity contribution in [2.45, 2.75) is 25.2 Å². The summed E-state index contributed by atoms with van der Waals surface area (Å²) in [5, 5.41) is 2.82. The fourth-order valence-electron chi connectivity index (χ4n) is 4.90. The predicted molar refractivity (Wildman–Crippen MR) is 162 cm³/mol. The Morgan fingerprint density at radius 1 is 0.783 bits per heavy atom. The predicted octanol–water partition coefficient (Wildman–Crippen LogP) is 7.67. The van der Waals surface area contributed by atoms with Gasteiger partial charge in [-0.3, -0.25) is 4.79 Å². The zero-order valence-corrected chi connectivity index (χ0v) is 23.9. The van der Waals surface area contributed by atoms with Crippen LogP contribution in [-0.2, 0) is 28.7 Å². The molecule has 2 heterocycles. The van der Waals surface area contributed by atoms with E-state index in [4.69, 9.17) is 18.3 Å². The summed E-state index contributed by atoms with van der Waals surface area (Å²) in [5.41, 5.74) is -0.478. The molecule has 11 heteroatoms. The number of esters is 1. The van der Waals surface area contributed by atoms with Crippen LogP contribution < -0.4 is 15.5 Å². The van der Waals surface area contributed by atoms with Crippen LogP contribution in [0.25, 0.3) is 33.3 Å². The zero-order chi connectivity index (χ0) is 32.3. The molecular formula is C35H24F3NO7. The second kappa shape index (κ2) is 12.6. The Balaban J connectivity index is 1.28. The third-order valence-corrected chi connectivity index (χ3v) is 7.08. The van der Waals surface area contributed by atoms with E-state index >= 15 is 0 Å². The third kappa shape index (κ3) is 6.63. The first-order valence-corrected chi connectivity index (χ1v) is 14.1. The molecule has 0 unspecified atom stereocenters. The van der Waals surface area contributed by atoms with E-state index in [0.29, 0.717) is 16.5 Å². The average molecular weight is 628 g/mol. The molecule has 6 aromatic rings. The maximum Gasteiger partial charge on any atom is 0.450 e. The summed E-state index contributed by atoms with van der Waals surface area (Å²) in [6.45, 7) is -0.0406. The van der Waals surface area contributed by atoms with Crippen LogP contribution in [0.2, 0.25) is 0 Å². The summed E-state index contributed by atoms with van der Waals surface area (Å²) in [5.74, 6) is -2.98. The number of alkyl carbamates (subject to hydrolysis) is 1. The Kier molecular flexibility index (Phi) is 8.30. The number of hydrogen-bond donors (Lipinski definition) is 1. The molecule has 1 atom stereocenters. The highest BCUT2D eigenvalue weighted by Gasteiger charge is 2.40. The van der Waals surface area contributed by atoms with Gasteiger partial charge in [-0.1, -0.05) is 78.9 Å². The number of amides is 1. The Hall–Kier alpha value is -5.84. The number of halogens is 3. The molecule has 0 radical (unpaired) electrons. The van der Waals surface area contributed by atoms with Gasteiger partial charge in [-0.05, 0) is 35.4 Å². The van der Waals surface area contributed by atoms with E-state index in [9.17, 15) is 27.6 Å². The third-order valence-electron chi connectivity index (χ3n) is 7.08. The van der Waals surface area contributed by atoms with Gasteiger partial charge in [0.15, 0.2) is 0 Å². The molecule has 232 valence electrons. The first kappa shape index (κ1) is 30.2. The molecule has 0 saturated heterocycles. The summed E-state index contributed by atoms with van der Waals surface area (Å²) in [4.78, 5) is 39.3. The first-order valence-electron chi connectivity index (χ1n) is 14.1. The Morgan fingerprint density at radius 2 is 1.46 bits per heavy atom. The van der Waals surface area contributed by atoms with E-state index in [-0.39, 0.29) is 29.9 Å². The number of benzene rings is 4. The molecule has 4 aromatic carbocycles. The van der Waals surface area contributed by atoms with Gasteiger partial charge in [0.1, 0.15) is 40.9 Å². The van der Waals surface area contributed by atoms with Crippen LogP contribution in [0.5, 0.6) is 5.75 Å². The Labute approximate surface area is 259 Å². The van der Waals surface area contributed by atoms with E-state index in [1.807, 2.05) is 6.07 Å². The van der Waals surface area contributed by atoms with E-state index in [1.54, 1.807) is 78.9 Å². The standard InChI is InChI=1S/C35H24F3NO7/c36-35(37,38)32-30(29-18-23-13-7-8-14-27(23)45-29)31(40)25-16-15-24(19-28(25)46-32)44-33(41)26(17-21-9-3-1-4-10-21)39-34(42)43-20-22-11-5-2-6-12-22/h1-16,18-19,26H,17,20H2,(H,39,42)/t26-/m0/s1. The Bertz CT molecular complexity index is 2050. The van der Waals surface area contributed by atoms with Crippen molar-refractivity contribution in [3.8, 4) is 17.1 Å². The van der Waals surface area contributed by atoms with Crippen LogP contribution in [0.15, 0.2) is 123 Å². The van der Waals surface area contributed by atoms with Crippen LogP contribution in [0.3, 0.4) is 0 Å². The van der Waals surface area contributed by atoms with Crippen LogP contribution in [0, 0.1) is 0 Å². The number of rotatable bonds is 8. The van der Waals surface area contributed by atoms with E-state index < -0.39 is 46.6 Å². The van der Waals surface area contributed by atoms with E-state index in [0.717, 1.165) is 11.6 Å². The number of para-hydroxylation sites is 1. The summed E-state index contributed by atoms with van der Waals surface area (Å²) in [6, 6.07) is 27.9. The highest BCUT2D eigenvalue weighted by atomic mass is 19.4. The Morgan fingerprint density at radius 3 is 2.15 bits per heavy atom. The summed E-state index contributed by atoms with van der Waals surface area (Å²) < 4.78 is 64.1. The summed E-state index contributed by atoms with van der Waals surface area (Å²) >= 11 is 0.